The topological polar surface area (TPSA) is 150 Å². The fraction of sp³-hybridized carbons (Fsp3) is 0.625. The Morgan fingerprint density at radius 2 is 1.01 bits per heavy atom. The summed E-state index contributed by atoms with van der Waals surface area (Å²) in [5, 5.41) is 11.2. The molecule has 0 aliphatic heterocycles. The van der Waals surface area contributed by atoms with Gasteiger partial charge in [-0.2, -0.15) is 0 Å². The number of ketones is 2. The van der Waals surface area contributed by atoms with Crippen LogP contribution in [0.15, 0.2) is 118 Å². The molecule has 0 aromatic heterocycles. The average molecular weight is 1060 g/mol. The van der Waals surface area contributed by atoms with Gasteiger partial charge in [-0.1, -0.05) is 139 Å². The zero-order valence-electron chi connectivity index (χ0n) is 46.5. The van der Waals surface area contributed by atoms with Crippen LogP contribution in [0.4, 0.5) is 0 Å². The maximum Gasteiger partial charge on any atom is 0.223 e. The number of carbonyl (C=O) groups is 4. The van der Waals surface area contributed by atoms with Crippen LogP contribution < -0.4 is 11.5 Å². The molecule has 0 radical (unpaired) electrons. The number of nitrogens with two attached hydrogens (primary N) is 2. The molecule has 0 bridgehead atoms. The van der Waals surface area contributed by atoms with Crippen molar-refractivity contribution in [3.63, 3.8) is 0 Å². The Balaban J connectivity index is 0.000000182. The van der Waals surface area contributed by atoms with Gasteiger partial charge in [0, 0.05) is 38.1 Å². The lowest BCUT2D eigenvalue weighted by atomic mass is 9.34. The van der Waals surface area contributed by atoms with Crippen molar-refractivity contribution < 1.29 is 29.0 Å². The summed E-state index contributed by atoms with van der Waals surface area (Å²) in [6.07, 6.45) is 30.3. The van der Waals surface area contributed by atoms with Gasteiger partial charge in [0.15, 0.2) is 11.5 Å². The van der Waals surface area contributed by atoms with Crippen LogP contribution in [-0.2, 0) is 23.9 Å². The molecule has 2 amide bonds. The Kier molecular flexibility index (Phi) is 13.7. The number of primary amides is 2. The first-order chi connectivity index (χ1) is 33.9. The third kappa shape index (κ3) is 7.89. The van der Waals surface area contributed by atoms with Gasteiger partial charge in [-0.15, -0.1) is 6.58 Å². The molecule has 8 nitrogen and oxygen atoms in total. The minimum absolute atomic E-state index is 0.0107. The molecular formula is C64H87BrN2O6. The number of alkyl halides is 1. The summed E-state index contributed by atoms with van der Waals surface area (Å²) in [5.74, 6) is 0.570. The molecule has 9 heteroatoms. The Labute approximate surface area is 446 Å². The third-order valence-corrected chi connectivity index (χ3v) is 23.8. The molecule has 0 spiro atoms. The van der Waals surface area contributed by atoms with E-state index in [1.807, 2.05) is 19.9 Å². The van der Waals surface area contributed by atoms with Gasteiger partial charge in [-0.25, -0.2) is 0 Å². The van der Waals surface area contributed by atoms with Crippen LogP contribution in [0.1, 0.15) is 173 Å². The van der Waals surface area contributed by atoms with Gasteiger partial charge >= 0.3 is 0 Å². The van der Waals surface area contributed by atoms with Gasteiger partial charge in [0.25, 0.3) is 0 Å². The molecule has 0 saturated heterocycles. The molecule has 6 fully saturated rings. The minimum Gasteiger partial charge on any atom is -0.504 e. The number of halogens is 1. The van der Waals surface area contributed by atoms with E-state index in [1.54, 1.807) is 18.2 Å². The Hall–Kier alpha value is -4.24. The lowest BCUT2D eigenvalue weighted by molar-refractivity contribution is -0.168. The number of aliphatic hydroxyl groups excluding tert-OH is 1. The van der Waals surface area contributed by atoms with Gasteiger partial charge in [-0.05, 0) is 183 Å². The van der Waals surface area contributed by atoms with Crippen molar-refractivity contribution in [3.8, 4) is 0 Å². The van der Waals surface area contributed by atoms with Crippen molar-refractivity contribution in [1.82, 2.24) is 0 Å². The summed E-state index contributed by atoms with van der Waals surface area (Å²) in [5.41, 5.74) is 20.0. The quantitative estimate of drug-likeness (QED) is 0.178. The van der Waals surface area contributed by atoms with E-state index in [2.05, 4.69) is 123 Å². The van der Waals surface area contributed by atoms with Gasteiger partial charge in [-0.3, -0.25) is 19.2 Å². The van der Waals surface area contributed by atoms with Crippen LogP contribution in [-0.4, -0.2) is 40.4 Å². The number of fused-ring (bicyclic) bond motifs is 14. The van der Waals surface area contributed by atoms with Crippen molar-refractivity contribution in [2.75, 3.05) is 11.9 Å². The van der Waals surface area contributed by atoms with E-state index in [0.29, 0.717) is 29.8 Å². The van der Waals surface area contributed by atoms with E-state index in [-0.39, 0.29) is 72.5 Å². The van der Waals surface area contributed by atoms with Crippen molar-refractivity contribution in [2.45, 2.75) is 173 Å². The number of hydrogen-bond acceptors (Lipinski definition) is 6. The Bertz CT molecular complexity index is 2730. The second-order valence-electron chi connectivity index (χ2n) is 27.0. The molecule has 6 saturated carbocycles. The van der Waals surface area contributed by atoms with E-state index < -0.39 is 10.8 Å². The van der Waals surface area contributed by atoms with Crippen LogP contribution in [0.2, 0.25) is 0 Å². The minimum atomic E-state index is -0.433. The zero-order chi connectivity index (χ0) is 53.9. The number of rotatable bonds is 6. The second-order valence-corrected chi connectivity index (χ2v) is 27.6. The highest BCUT2D eigenvalue weighted by Crippen LogP contribution is 2.77. The Morgan fingerprint density at radius 1 is 0.616 bits per heavy atom. The molecule has 396 valence electrons. The van der Waals surface area contributed by atoms with Crippen LogP contribution in [0.5, 0.6) is 0 Å². The molecule has 0 unspecified atom stereocenters. The highest BCUT2D eigenvalue weighted by molar-refractivity contribution is 9.09. The van der Waals surface area contributed by atoms with Crippen LogP contribution >= 0.6 is 15.9 Å². The second kappa shape index (κ2) is 18.2. The number of ether oxygens (including phenoxy) is 1. The molecule has 73 heavy (non-hydrogen) atoms. The molecule has 5 N–H and O–H groups in total. The van der Waals surface area contributed by atoms with Crippen molar-refractivity contribution in [3.05, 3.63) is 118 Å². The standard InChI is InChI=1S/C32H43NO3.C29H39NO3.C3H5Br/c1-8-17-36-26-20(2)21-9-10-24-30(5,22(21)18-23(26)34)14-16-32(7)25-19-29(4,27(33)35)12-11-28(25,3)13-15-31(24,32)6;1-17-18-7-8-21-27(4,19(18)15-20(31)23(17)32)12-14-29(6)22-16-26(3,24(30)33)10-9-25(22,2)11-13-28(21,29)5;1-2-3-4/h8-10,18,25H,1,11-17,19H2,2-7H3,(H2,33,35);7-8,15,22,32H,9-14,16H2,1-6H3,(H2,30,33);2H,1,3H2/t25-,28-,29-,30+,31-,32+;22-,25-,26-,27+,28-,29+;/m11./s1. The van der Waals surface area contributed by atoms with E-state index in [0.717, 1.165) is 117 Å². The SMILES string of the molecule is C=CCBr.C=CCOC1=C(C)C2=CC=C3[C@@](C)(CC[C@@]4(C)[C@@H]5C[C@](C)(C(N)=O)CC[C@]5(C)CC[C@]34C)C2=CC1=O.CC1=C(O)C(=O)C=C2C1=CC=C1[C@@]2(C)CC[C@@]2(C)[C@@H]3C[C@](C)(C(N)=O)CC[C@]3(C)CC[C@]12C. The summed E-state index contributed by atoms with van der Waals surface area (Å²) < 4.78 is 5.77. The van der Waals surface area contributed by atoms with Gasteiger partial charge in [0.05, 0.1) is 0 Å². The molecule has 0 heterocycles. The van der Waals surface area contributed by atoms with Gasteiger partial charge in [0.2, 0.25) is 23.4 Å². The first kappa shape index (κ1) is 55.0. The number of aliphatic hydroxyl groups is 1. The fourth-order valence-electron chi connectivity index (χ4n) is 17.7. The Morgan fingerprint density at radius 3 is 1.41 bits per heavy atom. The number of allylic oxidation sites excluding steroid dienone is 15. The molecule has 0 aromatic rings. The number of amides is 2. The normalized spacial score (nSPS) is 43.0. The maximum atomic E-state index is 13.2. The molecule has 10 aliphatic rings. The first-order valence-electron chi connectivity index (χ1n) is 27.4. The third-order valence-electron chi connectivity index (χ3n) is 23.4. The summed E-state index contributed by atoms with van der Waals surface area (Å²) in [7, 11) is 0. The van der Waals surface area contributed by atoms with E-state index in [1.165, 1.54) is 17.6 Å². The summed E-state index contributed by atoms with van der Waals surface area (Å²) >= 11 is 3.13. The van der Waals surface area contributed by atoms with Crippen LogP contribution in [0, 0.1) is 66.0 Å². The summed E-state index contributed by atoms with van der Waals surface area (Å²) in [6, 6.07) is 0. The van der Waals surface area contributed by atoms with Crippen LogP contribution in [0.25, 0.3) is 0 Å². The molecular weight excluding hydrogens is 973 g/mol. The van der Waals surface area contributed by atoms with E-state index in [4.69, 9.17) is 16.2 Å². The predicted molar refractivity (Wildman–Crippen MR) is 298 cm³/mol. The van der Waals surface area contributed by atoms with E-state index >= 15 is 0 Å². The van der Waals surface area contributed by atoms with Crippen LogP contribution in [0.3, 0.4) is 0 Å². The monoisotopic (exact) mass is 1060 g/mol. The molecule has 10 rings (SSSR count). The highest BCUT2D eigenvalue weighted by atomic mass is 79.9. The van der Waals surface area contributed by atoms with Crippen molar-refractivity contribution in [2.24, 2.45) is 77.5 Å². The molecule has 12 atom stereocenters. The maximum absolute atomic E-state index is 13.2. The van der Waals surface area contributed by atoms with Crippen molar-refractivity contribution in [1.29, 1.82) is 0 Å². The summed E-state index contributed by atoms with van der Waals surface area (Å²) in [6.45, 7) is 34.9. The smallest absolute Gasteiger partial charge is 0.223 e. The largest absolute Gasteiger partial charge is 0.504 e. The van der Waals surface area contributed by atoms with Gasteiger partial charge in [0.1, 0.15) is 6.61 Å². The number of hydrogen-bond donors (Lipinski definition) is 3. The van der Waals surface area contributed by atoms with Crippen molar-refractivity contribution >= 4 is 39.3 Å². The zero-order valence-corrected chi connectivity index (χ0v) is 48.1. The lowest BCUT2D eigenvalue weighted by Gasteiger charge is -2.70. The highest BCUT2D eigenvalue weighted by Gasteiger charge is 2.69. The first-order valence-corrected chi connectivity index (χ1v) is 28.5. The summed E-state index contributed by atoms with van der Waals surface area (Å²) in [4.78, 5) is 50.8. The van der Waals surface area contributed by atoms with Gasteiger partial charge < -0.3 is 21.3 Å². The average Bonchev–Trinajstić information content (AvgIpc) is 3.34. The van der Waals surface area contributed by atoms with E-state index in [9.17, 15) is 24.3 Å². The fourth-order valence-corrected chi connectivity index (χ4v) is 17.7. The molecule has 10 aliphatic carbocycles. The molecule has 0 aromatic carbocycles. The number of carbonyl (C=O) groups excluding carboxylic acids is 4. The lowest BCUT2D eigenvalue weighted by Crippen LogP contribution is -2.62. The predicted octanol–water partition coefficient (Wildman–Crippen LogP) is 14.4.